The summed E-state index contributed by atoms with van der Waals surface area (Å²) in [6.07, 6.45) is 106. The Bertz CT molecular complexity index is 2710. The van der Waals surface area contributed by atoms with Gasteiger partial charge in [0.1, 0.15) is 25.4 Å². The SMILES string of the molecule is CC/C=C\C/C=C\C/C=C\C/C=C\C/C=C\C/C=C\CCCCCCCCCCCCCCCCC(=O)OCC(O)COP(=O)(O)OCC(O)COP(=O)(O)OCC(COC(=O)CCCCCCC/C=C\C/C=C\C/C=C\C/C=C\C/C=C\CC)OC(=O)CCCCCCCC/C=C\C/C=C\C/C=C\C/C=C\CC. The summed E-state index contributed by atoms with van der Waals surface area (Å²) in [5.74, 6) is -1.62. The summed E-state index contributed by atoms with van der Waals surface area (Å²) in [5.41, 5.74) is 0. The molecule has 0 aliphatic heterocycles. The summed E-state index contributed by atoms with van der Waals surface area (Å²) in [6.45, 7) is 2.30. The maximum atomic E-state index is 13.0. The van der Waals surface area contributed by atoms with Gasteiger partial charge in [-0.25, -0.2) is 9.13 Å². The van der Waals surface area contributed by atoms with Gasteiger partial charge in [-0.15, -0.1) is 0 Å². The Morgan fingerprint density at radius 2 is 0.459 bits per heavy atom. The van der Waals surface area contributed by atoms with Gasteiger partial charge in [-0.3, -0.25) is 32.5 Å². The average molecular weight is 1560 g/mol. The van der Waals surface area contributed by atoms with Gasteiger partial charge in [0.2, 0.25) is 0 Å². The highest BCUT2D eigenvalue weighted by atomic mass is 31.2. The lowest BCUT2D eigenvalue weighted by Gasteiger charge is -2.21. The van der Waals surface area contributed by atoms with Gasteiger partial charge >= 0.3 is 33.6 Å². The molecule has 4 N–H and O–H groups in total. The highest BCUT2D eigenvalue weighted by Gasteiger charge is 2.29. The number of rotatable bonds is 78. The predicted molar refractivity (Wildman–Crippen MR) is 454 cm³/mol. The van der Waals surface area contributed by atoms with Gasteiger partial charge in [-0.1, -0.05) is 325 Å². The molecule has 0 heterocycles. The molecule has 109 heavy (non-hydrogen) atoms. The highest BCUT2D eigenvalue weighted by Crippen LogP contribution is 2.45. The average Bonchev–Trinajstić information content (AvgIpc) is 0.896. The molecule has 0 fully saturated rings. The number of allylic oxidation sites excluding steroid dienone is 30. The maximum Gasteiger partial charge on any atom is 0.472 e. The van der Waals surface area contributed by atoms with Crippen molar-refractivity contribution in [2.45, 2.75) is 334 Å². The van der Waals surface area contributed by atoms with Crippen molar-refractivity contribution in [3.8, 4) is 0 Å². The van der Waals surface area contributed by atoms with E-state index >= 15 is 0 Å². The summed E-state index contributed by atoms with van der Waals surface area (Å²) < 4.78 is 61.3. The molecule has 0 saturated heterocycles. The zero-order valence-electron chi connectivity index (χ0n) is 67.9. The maximum absolute atomic E-state index is 13.0. The minimum atomic E-state index is -4.95. The summed E-state index contributed by atoms with van der Waals surface area (Å²) >= 11 is 0. The standard InChI is InChI=1S/C91H150O16P2/c1-4-7-10-13-16-19-22-25-28-31-34-36-37-38-39-40-41-42-43-44-45-46-47-49-52-53-56-59-62-65-68-71-74-77-89(94)101-80-86(92)81-103-108(97,98)104-82-87(93)83-105-109(99,100)106-85-88(107-91(96)79-76-73-70-67-64-61-58-55-50-33-30-27-24-21-18-15-12-9-6-3)84-102-90(95)78-75-72-69-66-63-60-57-54-51-48-35-32-29-26-23-20-17-14-11-8-5-2/h7-12,16-21,25-30,34-36,38-39,41-42,48,50,54-55,57,86-88,92-93H,4-6,13-15,22-24,31-33,37,40,43-47,49,51-53,56,58-85H2,1-3H3,(H,97,98)(H,99,100)/b10-7-,11-8-,12-9-,19-16-,20-17-,21-18-,28-25-,29-26-,30-27-,36-34-,39-38-,42-41-,48-35-,55-50-,57-54-. The van der Waals surface area contributed by atoms with E-state index in [-0.39, 0.29) is 19.3 Å². The molecular formula is C91H150O16P2. The van der Waals surface area contributed by atoms with Crippen LogP contribution in [0.4, 0.5) is 0 Å². The summed E-state index contributed by atoms with van der Waals surface area (Å²) in [6, 6.07) is 0. The van der Waals surface area contributed by atoms with Crippen molar-refractivity contribution < 1.29 is 75.8 Å². The second kappa shape index (κ2) is 82.1. The minimum Gasteiger partial charge on any atom is -0.463 e. The largest absolute Gasteiger partial charge is 0.472 e. The molecule has 16 nitrogen and oxygen atoms in total. The Balaban J connectivity index is 4.56. The first-order valence-corrected chi connectivity index (χ1v) is 45.1. The first kappa shape index (κ1) is 104. The quantitative estimate of drug-likeness (QED) is 0.0146. The van der Waals surface area contributed by atoms with Gasteiger partial charge in [-0.05, 0) is 154 Å². The third-order valence-corrected chi connectivity index (χ3v) is 19.0. The molecule has 0 saturated carbocycles. The van der Waals surface area contributed by atoms with E-state index in [4.69, 9.17) is 32.3 Å². The summed E-state index contributed by atoms with van der Waals surface area (Å²) in [7, 11) is -9.82. The first-order valence-electron chi connectivity index (χ1n) is 42.1. The Hall–Kier alpha value is -5.35. The van der Waals surface area contributed by atoms with Crippen molar-refractivity contribution in [3.63, 3.8) is 0 Å². The number of aliphatic hydroxyl groups excluding tert-OH is 2. The number of hydrogen-bond acceptors (Lipinski definition) is 14. The first-order chi connectivity index (χ1) is 53.2. The van der Waals surface area contributed by atoms with Crippen LogP contribution in [0.15, 0.2) is 182 Å². The molecule has 0 aromatic rings. The van der Waals surface area contributed by atoms with E-state index in [9.17, 15) is 43.5 Å². The van der Waals surface area contributed by atoms with Crippen LogP contribution >= 0.6 is 15.6 Å². The molecule has 0 amide bonds. The van der Waals surface area contributed by atoms with E-state index in [0.29, 0.717) is 19.3 Å². The summed E-state index contributed by atoms with van der Waals surface area (Å²) in [5, 5.41) is 20.7. The molecule has 5 atom stereocenters. The fourth-order valence-electron chi connectivity index (χ4n) is 10.8. The fourth-order valence-corrected chi connectivity index (χ4v) is 12.4. The smallest absolute Gasteiger partial charge is 0.463 e. The van der Waals surface area contributed by atoms with E-state index in [0.717, 1.165) is 193 Å². The van der Waals surface area contributed by atoms with Crippen LogP contribution in [0.1, 0.15) is 316 Å². The highest BCUT2D eigenvalue weighted by molar-refractivity contribution is 7.47. The number of unbranched alkanes of at least 4 members (excludes halogenated alkanes) is 25. The Morgan fingerprint density at radius 3 is 0.725 bits per heavy atom. The van der Waals surface area contributed by atoms with Crippen LogP contribution in [0.25, 0.3) is 0 Å². The lowest BCUT2D eigenvalue weighted by atomic mass is 10.0. The second-order valence-corrected chi connectivity index (χ2v) is 30.4. The normalized spacial score (nSPS) is 14.8. The fraction of sp³-hybridized carbons (Fsp3) is 0.637. The number of aliphatic hydroxyl groups is 2. The summed E-state index contributed by atoms with van der Waals surface area (Å²) in [4.78, 5) is 58.8. The van der Waals surface area contributed by atoms with Crippen molar-refractivity contribution in [3.05, 3.63) is 182 Å². The molecule has 0 radical (unpaired) electrons. The van der Waals surface area contributed by atoms with E-state index < -0.39 is 91.5 Å². The van der Waals surface area contributed by atoms with Crippen LogP contribution in [-0.2, 0) is 55.8 Å². The molecule has 5 unspecified atom stereocenters. The molecule has 0 spiro atoms. The molecule has 0 aromatic carbocycles. The number of carbonyl (C=O) groups excluding carboxylic acids is 3. The van der Waals surface area contributed by atoms with Crippen molar-refractivity contribution >= 4 is 33.6 Å². The monoisotopic (exact) mass is 1560 g/mol. The van der Waals surface area contributed by atoms with Gasteiger partial charge in [0.05, 0.1) is 26.4 Å². The Kier molecular flexibility index (Phi) is 78.1. The van der Waals surface area contributed by atoms with Gasteiger partial charge in [0.15, 0.2) is 6.10 Å². The molecule has 0 aliphatic carbocycles. The van der Waals surface area contributed by atoms with Crippen LogP contribution in [0, 0.1) is 0 Å². The zero-order valence-corrected chi connectivity index (χ0v) is 69.7. The van der Waals surface area contributed by atoms with Crippen molar-refractivity contribution in [2.24, 2.45) is 0 Å². The van der Waals surface area contributed by atoms with Gasteiger partial charge < -0.3 is 34.2 Å². The van der Waals surface area contributed by atoms with Gasteiger partial charge in [0, 0.05) is 19.3 Å². The molecule has 18 heteroatoms. The van der Waals surface area contributed by atoms with Crippen LogP contribution in [0.2, 0.25) is 0 Å². The third-order valence-electron chi connectivity index (χ3n) is 17.1. The number of phosphoric ester groups is 2. The van der Waals surface area contributed by atoms with Crippen LogP contribution in [0.3, 0.4) is 0 Å². The lowest BCUT2D eigenvalue weighted by molar-refractivity contribution is -0.161. The van der Waals surface area contributed by atoms with Crippen molar-refractivity contribution in [2.75, 3.05) is 39.6 Å². The molecule has 0 bridgehead atoms. The van der Waals surface area contributed by atoms with E-state index in [1.807, 2.05) is 0 Å². The van der Waals surface area contributed by atoms with E-state index in [2.05, 4.69) is 203 Å². The van der Waals surface area contributed by atoms with Gasteiger partial charge in [-0.2, -0.15) is 0 Å². The zero-order chi connectivity index (χ0) is 79.4. The number of phosphoric acid groups is 2. The second-order valence-electron chi connectivity index (χ2n) is 27.5. The molecule has 0 rings (SSSR count). The molecule has 0 aromatic heterocycles. The van der Waals surface area contributed by atoms with Crippen molar-refractivity contribution in [1.82, 2.24) is 0 Å². The number of ether oxygens (including phenoxy) is 3. The predicted octanol–water partition coefficient (Wildman–Crippen LogP) is 25.3. The van der Waals surface area contributed by atoms with Crippen LogP contribution in [-0.4, -0.2) is 95.9 Å². The number of carbonyl (C=O) groups is 3. The molecular weight excluding hydrogens is 1410 g/mol. The Morgan fingerprint density at radius 1 is 0.257 bits per heavy atom. The number of esters is 3. The third kappa shape index (κ3) is 83.4. The van der Waals surface area contributed by atoms with Crippen LogP contribution < -0.4 is 0 Å². The topological polar surface area (TPSA) is 231 Å². The van der Waals surface area contributed by atoms with E-state index in [1.165, 1.54) is 64.2 Å². The van der Waals surface area contributed by atoms with E-state index in [1.54, 1.807) is 0 Å². The van der Waals surface area contributed by atoms with Gasteiger partial charge in [0.25, 0.3) is 0 Å². The lowest BCUT2D eigenvalue weighted by Crippen LogP contribution is -2.30. The van der Waals surface area contributed by atoms with Crippen molar-refractivity contribution in [1.29, 1.82) is 0 Å². The molecule has 620 valence electrons. The minimum absolute atomic E-state index is 0.0777. The number of hydrogen-bond donors (Lipinski definition) is 4. The molecule has 0 aliphatic rings. The Labute approximate surface area is 662 Å². The van der Waals surface area contributed by atoms with Crippen LogP contribution in [0.5, 0.6) is 0 Å².